The van der Waals surface area contributed by atoms with Gasteiger partial charge in [0, 0.05) is 19.2 Å². The Kier molecular flexibility index (Phi) is 8.91. The Morgan fingerprint density at radius 2 is 1.66 bits per heavy atom. The molecule has 3 aliphatic rings. The molecule has 1 saturated heterocycles. The van der Waals surface area contributed by atoms with Crippen LogP contribution in [0.25, 0.3) is 0 Å². The van der Waals surface area contributed by atoms with Gasteiger partial charge in [-0.2, -0.15) is 0 Å². The van der Waals surface area contributed by atoms with E-state index in [9.17, 15) is 14.4 Å². The van der Waals surface area contributed by atoms with Crippen molar-refractivity contribution in [3.63, 3.8) is 0 Å². The van der Waals surface area contributed by atoms with Crippen LogP contribution in [0.1, 0.15) is 67.2 Å². The Hall–Kier alpha value is -2.55. The summed E-state index contributed by atoms with van der Waals surface area (Å²) in [5.74, 6) is 0.510. The van der Waals surface area contributed by atoms with Crippen LogP contribution >= 0.6 is 0 Å². The molecule has 0 aromatic rings. The Morgan fingerprint density at radius 3 is 2.16 bits per heavy atom. The minimum atomic E-state index is -0.607. The predicted molar refractivity (Wildman–Crippen MR) is 148 cm³/mol. The first kappa shape index (κ1) is 30.0. The summed E-state index contributed by atoms with van der Waals surface area (Å²) in [5.41, 5.74) is 5.19. The van der Waals surface area contributed by atoms with E-state index in [0.717, 1.165) is 19.3 Å². The molecule has 5 N–H and O–H groups in total. The lowest BCUT2D eigenvalue weighted by molar-refractivity contribution is -0.143. The highest BCUT2D eigenvalue weighted by Crippen LogP contribution is 2.50. The summed E-state index contributed by atoms with van der Waals surface area (Å²) >= 11 is 0. The molecule has 2 saturated carbocycles. The predicted octanol–water partition coefficient (Wildman–Crippen LogP) is 2.29. The zero-order valence-electron chi connectivity index (χ0n) is 24.4. The number of likely N-dealkylation sites (tertiary alicyclic amines) is 1. The van der Waals surface area contributed by atoms with E-state index in [0.29, 0.717) is 37.2 Å². The van der Waals surface area contributed by atoms with Crippen LogP contribution in [0.4, 0.5) is 0 Å². The summed E-state index contributed by atoms with van der Waals surface area (Å²) in [6.45, 7) is 21.4. The second kappa shape index (κ2) is 11.3. The number of nitrogens with two attached hydrogens (primary N) is 1. The number of primary amides is 1. The van der Waals surface area contributed by atoms with Crippen molar-refractivity contribution in [1.29, 1.82) is 0 Å². The largest absolute Gasteiger partial charge is 0.383 e. The van der Waals surface area contributed by atoms with Crippen LogP contribution in [-0.2, 0) is 19.1 Å². The van der Waals surface area contributed by atoms with E-state index in [4.69, 9.17) is 10.5 Å². The summed E-state index contributed by atoms with van der Waals surface area (Å²) in [5, 5.41) is 9.76. The van der Waals surface area contributed by atoms with Crippen molar-refractivity contribution in [1.82, 2.24) is 20.9 Å². The van der Waals surface area contributed by atoms with Crippen LogP contribution in [0, 0.1) is 28.6 Å². The van der Waals surface area contributed by atoms with Crippen molar-refractivity contribution in [2.45, 2.75) is 91.4 Å². The third-order valence-electron chi connectivity index (χ3n) is 8.18. The molecule has 38 heavy (non-hydrogen) atoms. The van der Waals surface area contributed by atoms with Crippen LogP contribution < -0.4 is 21.7 Å². The first-order valence-electron chi connectivity index (χ1n) is 13.8. The quantitative estimate of drug-likeness (QED) is 0.270. The van der Waals surface area contributed by atoms with Crippen molar-refractivity contribution in [2.24, 2.45) is 34.3 Å². The molecule has 4 unspecified atom stereocenters. The standard InChI is InChI=1S/C29H49N5O4/c1-16(25(30)35)21(12-18-10-11-18)33-26(36)23-20-13-19(20)14-34(23)27(37)24(29(6,7)8)32-17(2)31-22(15-38-9)28(3,4)5/h18-24,31-32H,1-2,10-15H2,3-9H3,(H2,30,35)(H,33,36)/t19-,20-,21?,22?,23?,24?/m0/s1. The minimum absolute atomic E-state index is 0.0112. The maximum atomic E-state index is 14.0. The fraction of sp³-hybridized carbons (Fsp3) is 0.759. The number of amides is 3. The molecule has 0 spiro atoms. The lowest BCUT2D eigenvalue weighted by atomic mass is 9.85. The van der Waals surface area contributed by atoms with E-state index < -0.39 is 29.4 Å². The molecule has 0 radical (unpaired) electrons. The molecule has 0 bridgehead atoms. The van der Waals surface area contributed by atoms with Gasteiger partial charge >= 0.3 is 0 Å². The fourth-order valence-electron chi connectivity index (χ4n) is 5.35. The average Bonchev–Trinajstić information content (AvgIpc) is 3.72. The van der Waals surface area contributed by atoms with Gasteiger partial charge in [-0.1, -0.05) is 67.5 Å². The lowest BCUT2D eigenvalue weighted by Gasteiger charge is -2.39. The molecule has 0 aromatic heterocycles. The second-order valence-electron chi connectivity index (χ2n) is 13.7. The smallest absolute Gasteiger partial charge is 0.246 e. The maximum absolute atomic E-state index is 14.0. The van der Waals surface area contributed by atoms with Crippen LogP contribution in [0.5, 0.6) is 0 Å². The summed E-state index contributed by atoms with van der Waals surface area (Å²) in [7, 11) is 1.66. The number of carbonyl (C=O) groups excluding carboxylic acids is 3. The number of hydrogen-bond acceptors (Lipinski definition) is 6. The van der Waals surface area contributed by atoms with Gasteiger partial charge in [0.25, 0.3) is 0 Å². The fourth-order valence-corrected chi connectivity index (χ4v) is 5.35. The van der Waals surface area contributed by atoms with Gasteiger partial charge in [-0.05, 0) is 41.4 Å². The highest BCUT2D eigenvalue weighted by molar-refractivity contribution is 5.95. The van der Waals surface area contributed by atoms with Crippen LogP contribution in [0.3, 0.4) is 0 Å². The van der Waals surface area contributed by atoms with Gasteiger partial charge < -0.3 is 31.3 Å². The molecule has 2 aliphatic carbocycles. The van der Waals surface area contributed by atoms with Gasteiger partial charge in [0.05, 0.1) is 24.5 Å². The van der Waals surface area contributed by atoms with E-state index in [1.807, 2.05) is 20.8 Å². The third kappa shape index (κ3) is 7.30. The van der Waals surface area contributed by atoms with Crippen molar-refractivity contribution in [2.75, 3.05) is 20.3 Å². The van der Waals surface area contributed by atoms with Crippen LogP contribution in [0.2, 0.25) is 0 Å². The first-order chi connectivity index (χ1) is 17.5. The third-order valence-corrected chi connectivity index (χ3v) is 8.18. The van der Waals surface area contributed by atoms with E-state index in [1.165, 1.54) is 0 Å². The summed E-state index contributed by atoms with van der Waals surface area (Å²) in [6, 6.07) is -1.68. The number of fused-ring (bicyclic) bond motifs is 1. The van der Waals surface area contributed by atoms with Crippen LogP contribution in [-0.4, -0.2) is 67.1 Å². The number of piperidine rings is 1. The molecule has 9 heteroatoms. The number of nitrogens with one attached hydrogen (secondary N) is 3. The zero-order valence-corrected chi connectivity index (χ0v) is 24.4. The van der Waals surface area contributed by atoms with Gasteiger partial charge in [0.2, 0.25) is 17.7 Å². The Balaban J connectivity index is 1.75. The second-order valence-corrected chi connectivity index (χ2v) is 13.7. The zero-order chi connectivity index (χ0) is 28.6. The number of nitrogens with zero attached hydrogens (tertiary/aromatic N) is 1. The SMILES string of the molecule is C=C(NC(COC)C(C)(C)C)NC(C(=O)N1C[C@@H]2C[C@@H]2C1C(=O)NC(CC1CC1)C(=C)C(N)=O)C(C)(C)C. The molecule has 3 rings (SSSR count). The Morgan fingerprint density at radius 1 is 1.03 bits per heavy atom. The molecule has 9 nitrogen and oxygen atoms in total. The normalized spacial score (nSPS) is 25.0. The highest BCUT2D eigenvalue weighted by Gasteiger charge is 2.58. The molecule has 1 aliphatic heterocycles. The summed E-state index contributed by atoms with van der Waals surface area (Å²) in [6.07, 6.45) is 3.73. The molecular weight excluding hydrogens is 482 g/mol. The van der Waals surface area contributed by atoms with E-state index >= 15 is 0 Å². The van der Waals surface area contributed by atoms with Gasteiger partial charge in [-0.3, -0.25) is 14.4 Å². The monoisotopic (exact) mass is 531 g/mol. The number of ether oxygens (including phenoxy) is 1. The molecular formula is C29H49N5O4. The topological polar surface area (TPSA) is 126 Å². The number of methoxy groups -OCH3 is 1. The first-order valence-corrected chi connectivity index (χ1v) is 13.8. The Bertz CT molecular complexity index is 946. The molecule has 0 aromatic carbocycles. The highest BCUT2D eigenvalue weighted by atomic mass is 16.5. The molecule has 1 heterocycles. The molecule has 214 valence electrons. The lowest BCUT2D eigenvalue weighted by Crippen LogP contribution is -2.59. The van der Waals surface area contributed by atoms with Gasteiger partial charge in [-0.25, -0.2) is 0 Å². The van der Waals surface area contributed by atoms with Crippen molar-refractivity contribution < 1.29 is 19.1 Å². The van der Waals surface area contributed by atoms with Gasteiger partial charge in [-0.15, -0.1) is 0 Å². The van der Waals surface area contributed by atoms with Crippen molar-refractivity contribution in [3.8, 4) is 0 Å². The molecule has 3 fully saturated rings. The Labute approximate surface area is 228 Å². The summed E-state index contributed by atoms with van der Waals surface area (Å²) < 4.78 is 5.39. The molecule has 3 amide bonds. The summed E-state index contributed by atoms with van der Waals surface area (Å²) in [4.78, 5) is 41.2. The van der Waals surface area contributed by atoms with Crippen LogP contribution in [0.15, 0.2) is 24.6 Å². The van der Waals surface area contributed by atoms with E-state index in [1.54, 1.807) is 12.0 Å². The van der Waals surface area contributed by atoms with Gasteiger partial charge in [0.1, 0.15) is 12.1 Å². The number of carbonyl (C=O) groups is 3. The van der Waals surface area contributed by atoms with Crippen molar-refractivity contribution in [3.05, 3.63) is 24.6 Å². The number of hydrogen-bond donors (Lipinski definition) is 4. The van der Waals surface area contributed by atoms with Crippen molar-refractivity contribution >= 4 is 17.7 Å². The van der Waals surface area contributed by atoms with Gasteiger partial charge in [0.15, 0.2) is 0 Å². The maximum Gasteiger partial charge on any atom is 0.246 e. The van der Waals surface area contributed by atoms with E-state index in [2.05, 4.69) is 49.9 Å². The average molecular weight is 532 g/mol. The number of rotatable bonds is 13. The van der Waals surface area contributed by atoms with E-state index in [-0.39, 0.29) is 34.8 Å². The molecule has 6 atom stereocenters. The minimum Gasteiger partial charge on any atom is -0.383 e.